The highest BCUT2D eigenvalue weighted by atomic mass is 35.5. The van der Waals surface area contributed by atoms with Crippen molar-refractivity contribution in [3.63, 3.8) is 0 Å². The molecule has 3 aromatic rings. The molecule has 1 N–H and O–H groups in total. The second kappa shape index (κ2) is 9.60. The summed E-state index contributed by atoms with van der Waals surface area (Å²) in [5.41, 5.74) is 1.24. The summed E-state index contributed by atoms with van der Waals surface area (Å²) in [5.74, 6) is -0.169. The second-order valence-corrected chi connectivity index (χ2v) is 10.2. The molecule has 0 saturated heterocycles. The third-order valence-electron chi connectivity index (χ3n) is 4.19. The fourth-order valence-corrected chi connectivity index (χ4v) is 4.65. The molecule has 0 fully saturated rings. The van der Waals surface area contributed by atoms with Gasteiger partial charge in [-0.1, -0.05) is 47.5 Å². The summed E-state index contributed by atoms with van der Waals surface area (Å²) in [4.78, 5) is 2.10. The molecule has 0 spiro atoms. The summed E-state index contributed by atoms with van der Waals surface area (Å²) in [6.45, 7) is 1.83. The molecule has 168 valence electrons. The molecule has 0 atom stereocenters. The Morgan fingerprint density at radius 3 is 2.22 bits per heavy atom. The van der Waals surface area contributed by atoms with Crippen LogP contribution in [0.1, 0.15) is 11.1 Å². The topological polar surface area (TPSA) is 111 Å². The van der Waals surface area contributed by atoms with Crippen LogP contribution in [0.2, 0.25) is 5.02 Å². The summed E-state index contributed by atoms with van der Waals surface area (Å²) >= 11 is 6.23. The highest BCUT2D eigenvalue weighted by Crippen LogP contribution is 2.38. The lowest BCUT2D eigenvalue weighted by Crippen LogP contribution is -2.18. The van der Waals surface area contributed by atoms with E-state index in [1.807, 2.05) is 6.92 Å². The van der Waals surface area contributed by atoms with Crippen LogP contribution in [0.15, 0.2) is 81.6 Å². The van der Waals surface area contributed by atoms with E-state index in [0.29, 0.717) is 5.56 Å². The first-order valence-corrected chi connectivity index (χ1v) is 12.4. The van der Waals surface area contributed by atoms with E-state index in [-0.39, 0.29) is 26.3 Å². The van der Waals surface area contributed by atoms with Gasteiger partial charge in [-0.3, -0.25) is 0 Å². The maximum Gasteiger partial charge on any atom is 0.339 e. The maximum atomic E-state index is 12.6. The van der Waals surface area contributed by atoms with Gasteiger partial charge in [-0.25, -0.2) is 4.83 Å². The first-order valence-electron chi connectivity index (χ1n) is 9.11. The monoisotopic (exact) mass is 494 g/mol. The van der Waals surface area contributed by atoms with Crippen molar-refractivity contribution < 1.29 is 25.8 Å². The van der Waals surface area contributed by atoms with Gasteiger partial charge < -0.3 is 8.92 Å². The van der Waals surface area contributed by atoms with Gasteiger partial charge in [0.2, 0.25) is 5.75 Å². The number of aryl methyl sites for hydroxylation is 1. The van der Waals surface area contributed by atoms with Crippen LogP contribution in [0.3, 0.4) is 0 Å². The number of hydrogen-bond acceptors (Lipinski definition) is 7. The van der Waals surface area contributed by atoms with Crippen molar-refractivity contribution in [1.29, 1.82) is 0 Å². The lowest BCUT2D eigenvalue weighted by molar-refractivity contribution is 0.390. The van der Waals surface area contributed by atoms with Gasteiger partial charge in [-0.2, -0.15) is 21.9 Å². The Morgan fingerprint density at radius 1 is 0.938 bits per heavy atom. The zero-order chi connectivity index (χ0) is 23.4. The molecular formula is C21H19ClN2O6S2. The first-order chi connectivity index (χ1) is 15.1. The van der Waals surface area contributed by atoms with Crippen molar-refractivity contribution in [3.05, 3.63) is 82.9 Å². The summed E-state index contributed by atoms with van der Waals surface area (Å²) in [6, 6.07) is 16.6. The summed E-state index contributed by atoms with van der Waals surface area (Å²) in [7, 11) is -6.68. The van der Waals surface area contributed by atoms with Crippen LogP contribution in [0.5, 0.6) is 11.5 Å². The predicted octanol–water partition coefficient (Wildman–Crippen LogP) is 3.74. The highest BCUT2D eigenvalue weighted by Gasteiger charge is 2.22. The van der Waals surface area contributed by atoms with Crippen LogP contribution < -0.4 is 13.8 Å². The zero-order valence-corrected chi connectivity index (χ0v) is 19.4. The van der Waals surface area contributed by atoms with Gasteiger partial charge in [0, 0.05) is 0 Å². The van der Waals surface area contributed by atoms with Crippen molar-refractivity contribution in [2.75, 3.05) is 7.11 Å². The van der Waals surface area contributed by atoms with E-state index in [9.17, 15) is 16.8 Å². The number of hydrogen-bond donors (Lipinski definition) is 1. The molecule has 0 unspecified atom stereocenters. The van der Waals surface area contributed by atoms with Gasteiger partial charge in [-0.05, 0) is 48.9 Å². The van der Waals surface area contributed by atoms with Gasteiger partial charge in [0.1, 0.15) is 4.90 Å². The summed E-state index contributed by atoms with van der Waals surface area (Å²) in [5, 5.41) is 3.67. The van der Waals surface area contributed by atoms with Crippen molar-refractivity contribution in [1.82, 2.24) is 4.83 Å². The molecule has 0 heterocycles. The van der Waals surface area contributed by atoms with Gasteiger partial charge in [0.25, 0.3) is 10.0 Å². The third kappa shape index (κ3) is 5.58. The fourth-order valence-electron chi connectivity index (χ4n) is 2.58. The fraction of sp³-hybridized carbons (Fsp3) is 0.0952. The van der Waals surface area contributed by atoms with Crippen LogP contribution in [0.4, 0.5) is 0 Å². The minimum atomic E-state index is -4.15. The average Bonchev–Trinajstić information content (AvgIpc) is 2.76. The standard InChI is InChI=1S/C21H19ClN2O6S2/c1-15-8-10-18(11-9-15)32(27,28)30-21-19(22)12-16(13-20(21)29-2)14-23-24-31(25,26)17-6-4-3-5-7-17/h3-14,24H,1-2H3/b23-14-. The molecular weight excluding hydrogens is 476 g/mol. The van der Waals surface area contributed by atoms with Crippen molar-refractivity contribution in [3.8, 4) is 11.5 Å². The quantitative estimate of drug-likeness (QED) is 0.290. The van der Waals surface area contributed by atoms with Crippen LogP contribution in [-0.4, -0.2) is 30.2 Å². The molecule has 0 aliphatic carbocycles. The number of ether oxygens (including phenoxy) is 1. The Morgan fingerprint density at radius 2 is 1.59 bits per heavy atom. The van der Waals surface area contributed by atoms with Crippen LogP contribution in [-0.2, 0) is 20.1 Å². The number of hydrazone groups is 1. The number of halogens is 1. The Hall–Kier alpha value is -3.08. The lowest BCUT2D eigenvalue weighted by Gasteiger charge is -2.13. The predicted molar refractivity (Wildman–Crippen MR) is 121 cm³/mol. The Balaban J connectivity index is 1.83. The van der Waals surface area contributed by atoms with Gasteiger partial charge in [0.15, 0.2) is 5.75 Å². The van der Waals surface area contributed by atoms with E-state index >= 15 is 0 Å². The molecule has 0 aliphatic heterocycles. The van der Waals surface area contributed by atoms with Gasteiger partial charge in [0.05, 0.1) is 23.2 Å². The summed E-state index contributed by atoms with van der Waals surface area (Å²) < 4.78 is 60.0. The Labute approximate surface area is 191 Å². The van der Waals surface area contributed by atoms with Gasteiger partial charge >= 0.3 is 10.1 Å². The number of nitrogens with zero attached hydrogens (tertiary/aromatic N) is 1. The number of rotatable bonds is 8. The maximum absolute atomic E-state index is 12.6. The minimum Gasteiger partial charge on any atom is -0.493 e. The molecule has 0 bridgehead atoms. The van der Waals surface area contributed by atoms with Crippen LogP contribution in [0.25, 0.3) is 0 Å². The van der Waals surface area contributed by atoms with E-state index in [0.717, 1.165) is 5.56 Å². The van der Waals surface area contributed by atoms with Crippen LogP contribution >= 0.6 is 11.6 Å². The largest absolute Gasteiger partial charge is 0.493 e. The normalized spacial score (nSPS) is 12.0. The molecule has 11 heteroatoms. The van der Waals surface area contributed by atoms with E-state index < -0.39 is 20.1 Å². The third-order valence-corrected chi connectivity index (χ3v) is 6.95. The molecule has 0 saturated carbocycles. The van der Waals surface area contributed by atoms with Crippen LogP contribution in [0, 0.1) is 6.92 Å². The minimum absolute atomic E-state index is 0.0283. The second-order valence-electron chi connectivity index (χ2n) is 6.55. The highest BCUT2D eigenvalue weighted by molar-refractivity contribution is 7.89. The number of sulfonamides is 1. The molecule has 0 amide bonds. The molecule has 0 aromatic heterocycles. The van der Waals surface area contributed by atoms with Crippen molar-refractivity contribution in [2.24, 2.45) is 5.10 Å². The summed E-state index contributed by atoms with van der Waals surface area (Å²) in [6.07, 6.45) is 1.20. The lowest BCUT2D eigenvalue weighted by atomic mass is 10.2. The SMILES string of the molecule is COc1cc(/C=N\NS(=O)(=O)c2ccccc2)cc(Cl)c1OS(=O)(=O)c1ccc(C)cc1. The van der Waals surface area contributed by atoms with E-state index in [4.69, 9.17) is 20.5 Å². The molecule has 3 aromatic carbocycles. The molecule has 3 rings (SSSR count). The average molecular weight is 495 g/mol. The molecule has 0 aliphatic rings. The molecule has 8 nitrogen and oxygen atoms in total. The molecule has 32 heavy (non-hydrogen) atoms. The van der Waals surface area contributed by atoms with Crippen molar-refractivity contribution in [2.45, 2.75) is 16.7 Å². The number of methoxy groups -OCH3 is 1. The molecule has 0 radical (unpaired) electrons. The number of benzene rings is 3. The smallest absolute Gasteiger partial charge is 0.339 e. The Kier molecular flexibility index (Phi) is 7.07. The van der Waals surface area contributed by atoms with E-state index in [2.05, 4.69) is 9.93 Å². The van der Waals surface area contributed by atoms with E-state index in [1.54, 1.807) is 30.3 Å². The Bertz CT molecular complexity index is 1340. The van der Waals surface area contributed by atoms with E-state index in [1.165, 1.54) is 49.7 Å². The van der Waals surface area contributed by atoms with Gasteiger partial charge in [-0.15, -0.1) is 0 Å². The number of nitrogens with one attached hydrogen (secondary N) is 1. The first kappa shape index (κ1) is 23.6. The zero-order valence-electron chi connectivity index (χ0n) is 17.0. The van der Waals surface area contributed by atoms with Crippen molar-refractivity contribution >= 4 is 38.0 Å².